The van der Waals surface area contributed by atoms with Crippen molar-refractivity contribution in [2.45, 2.75) is 43.8 Å². The average molecular weight is 264 g/mol. The van der Waals surface area contributed by atoms with Gasteiger partial charge in [-0.2, -0.15) is 17.2 Å². The molecule has 0 spiro atoms. The van der Waals surface area contributed by atoms with Gasteiger partial charge in [0.1, 0.15) is 0 Å². The van der Waals surface area contributed by atoms with Crippen molar-refractivity contribution in [2.24, 2.45) is 0 Å². The molecule has 0 radical (unpaired) electrons. The summed E-state index contributed by atoms with van der Waals surface area (Å²) >= 11 is 0. The molecule has 0 amide bonds. The quantitative estimate of drug-likeness (QED) is 0.736. The van der Waals surface area contributed by atoms with Crippen molar-refractivity contribution in [3.05, 3.63) is 0 Å². The van der Waals surface area contributed by atoms with Crippen molar-refractivity contribution >= 4 is 18.2 Å². The molecule has 0 aliphatic carbocycles. The van der Waals surface area contributed by atoms with Gasteiger partial charge in [0.15, 0.2) is 8.07 Å². The highest BCUT2D eigenvalue weighted by atomic mass is 32.2. The van der Waals surface area contributed by atoms with Crippen molar-refractivity contribution in [1.82, 2.24) is 0 Å². The molecule has 92 valence electrons. The summed E-state index contributed by atoms with van der Waals surface area (Å²) in [7, 11) is -9.05. The molecule has 0 fully saturated rings. The van der Waals surface area contributed by atoms with Gasteiger partial charge in [0.25, 0.3) is 0 Å². The summed E-state index contributed by atoms with van der Waals surface area (Å²) in [4.78, 5) is -4.16. The predicted octanol–water partition coefficient (Wildman–Crippen LogP) is 2.86. The van der Waals surface area contributed by atoms with Gasteiger partial charge < -0.3 is 0 Å². The van der Waals surface area contributed by atoms with Gasteiger partial charge in [0.2, 0.25) is 0 Å². The summed E-state index contributed by atoms with van der Waals surface area (Å²) in [6.45, 7) is 6.87. The van der Waals surface area contributed by atoms with E-state index in [4.69, 9.17) is 0 Å². The molecule has 0 saturated carbocycles. The van der Waals surface area contributed by atoms with Crippen LogP contribution in [0.4, 0.5) is 13.3 Å². The molecule has 8 heteroatoms. The number of halogens is 3. The minimum atomic E-state index is -5.48. The van der Waals surface area contributed by atoms with Gasteiger partial charge in [-0.1, -0.05) is 38.3 Å². The Bertz CT molecular complexity index is 332. The van der Waals surface area contributed by atoms with Crippen LogP contribution < -0.4 is 0 Å². The molecule has 0 bridgehead atoms. The molecular weight excluding hydrogens is 249 g/mol. The molecule has 0 aromatic heterocycles. The Hall–Kier alpha value is -0.0831. The smallest absolute Gasteiger partial charge is 0.191 e. The first-order valence-electron chi connectivity index (χ1n) is 4.24. The van der Waals surface area contributed by atoms with Crippen LogP contribution in [0.3, 0.4) is 0 Å². The number of alkyl halides is 2. The van der Waals surface area contributed by atoms with Gasteiger partial charge in [-0.3, -0.25) is 0 Å². The lowest BCUT2D eigenvalue weighted by Gasteiger charge is -2.40. The van der Waals surface area contributed by atoms with E-state index in [1.807, 2.05) is 0 Å². The Kier molecular flexibility index (Phi) is 3.72. The third-order valence-electron chi connectivity index (χ3n) is 3.00. The van der Waals surface area contributed by atoms with Crippen LogP contribution in [0.25, 0.3) is 0 Å². The third kappa shape index (κ3) is 2.21. The Labute approximate surface area is 88.7 Å². The predicted molar refractivity (Wildman–Crippen MR) is 53.3 cm³/mol. The Morgan fingerprint density at radius 2 is 1.47 bits per heavy atom. The van der Waals surface area contributed by atoms with Gasteiger partial charge in [0.05, 0.1) is 0 Å². The molecule has 3 nitrogen and oxygen atoms in total. The highest BCUT2D eigenvalue weighted by molar-refractivity contribution is 7.89. The van der Waals surface area contributed by atoms with Gasteiger partial charge in [-0.15, -0.1) is 0 Å². The monoisotopic (exact) mass is 264 g/mol. The zero-order valence-corrected chi connectivity index (χ0v) is 11.1. The Balaban J connectivity index is 5.60. The third-order valence-corrected chi connectivity index (χ3v) is 11.3. The normalized spacial score (nSPS) is 15.5. The van der Waals surface area contributed by atoms with Crippen LogP contribution in [0.2, 0.25) is 18.1 Å². The van der Waals surface area contributed by atoms with Crippen molar-refractivity contribution in [1.29, 1.82) is 0 Å². The van der Waals surface area contributed by atoms with Crippen LogP contribution in [-0.2, 0) is 14.5 Å². The Morgan fingerprint density at radius 3 is 1.67 bits per heavy atom. The van der Waals surface area contributed by atoms with Crippen LogP contribution in [0.15, 0.2) is 0 Å². The second kappa shape index (κ2) is 3.74. The van der Waals surface area contributed by atoms with E-state index < -0.39 is 28.1 Å². The topological polar surface area (TPSA) is 43.4 Å². The van der Waals surface area contributed by atoms with Crippen molar-refractivity contribution in [3.63, 3.8) is 0 Å². The van der Waals surface area contributed by atoms with E-state index in [9.17, 15) is 21.7 Å². The van der Waals surface area contributed by atoms with E-state index >= 15 is 0 Å². The molecular formula is C7H15F3O3SSi. The van der Waals surface area contributed by atoms with Crippen LogP contribution in [0.1, 0.15) is 20.8 Å². The molecule has 0 unspecified atom stereocenters. The molecule has 0 aromatic carbocycles. The van der Waals surface area contributed by atoms with E-state index in [0.29, 0.717) is 0 Å². The first-order valence-corrected chi connectivity index (χ1v) is 8.64. The van der Waals surface area contributed by atoms with Crippen LogP contribution in [0.5, 0.6) is 0 Å². The second-order valence-electron chi connectivity index (χ2n) is 4.91. The largest absolute Gasteiger partial charge is 0.359 e. The van der Waals surface area contributed by atoms with Crippen LogP contribution in [0, 0.1) is 0 Å². The van der Waals surface area contributed by atoms with E-state index in [0.717, 1.165) is 0 Å². The first kappa shape index (κ1) is 14.9. The molecule has 0 aromatic rings. The summed E-state index contributed by atoms with van der Waals surface area (Å²) in [6.07, 6.45) is 0. The maximum absolute atomic E-state index is 13.6. The number of hydrogen-bond acceptors (Lipinski definition) is 3. The lowest BCUT2D eigenvalue weighted by atomic mass is 10.2. The summed E-state index contributed by atoms with van der Waals surface area (Å²) in [5, 5.41) is -0.901. The second-order valence-corrected chi connectivity index (χ2v) is 12.2. The molecule has 0 aliphatic rings. The van der Waals surface area contributed by atoms with E-state index in [1.54, 1.807) is 0 Å². The van der Waals surface area contributed by atoms with Crippen LogP contribution in [-0.4, -0.2) is 21.4 Å². The minimum Gasteiger partial charge on any atom is -0.191 e. The number of rotatable bonds is 3. The fourth-order valence-electron chi connectivity index (χ4n) is 0.789. The lowest BCUT2D eigenvalue weighted by Crippen LogP contribution is -2.58. The van der Waals surface area contributed by atoms with Gasteiger partial charge in [-0.25, -0.2) is 0 Å². The fourth-order valence-corrected chi connectivity index (χ4v) is 5.25. The summed E-state index contributed by atoms with van der Waals surface area (Å²) in [6, 6.07) is 0. The van der Waals surface area contributed by atoms with Crippen LogP contribution >= 0.6 is 0 Å². The fraction of sp³-hybridized carbons (Fsp3) is 1.00. The molecule has 15 heavy (non-hydrogen) atoms. The summed E-state index contributed by atoms with van der Waals surface area (Å²) in [5.74, 6) is 0. The van der Waals surface area contributed by atoms with Crippen molar-refractivity contribution in [2.75, 3.05) is 0 Å². The van der Waals surface area contributed by atoms with Crippen molar-refractivity contribution in [3.8, 4) is 0 Å². The molecule has 0 saturated heterocycles. The molecule has 0 aliphatic heterocycles. The molecule has 0 N–H and O–H groups in total. The minimum absolute atomic E-state index is 0.901. The van der Waals surface area contributed by atoms with E-state index in [2.05, 4.69) is 4.39 Å². The van der Waals surface area contributed by atoms with Gasteiger partial charge in [-0.05, 0) is 9.56 Å². The zero-order chi connectivity index (χ0) is 12.7. The lowest BCUT2D eigenvalue weighted by molar-refractivity contribution is -0.0149. The van der Waals surface area contributed by atoms with Gasteiger partial charge in [0, 0.05) is 0 Å². The Morgan fingerprint density at radius 1 is 1.13 bits per heavy atom. The maximum Gasteiger partial charge on any atom is 0.359 e. The standard InChI is InChI=1S/C7H15F3O3SSi/c1-6(2,3)15(4,5)7(8,9)14(11,12)13-10/h1-5H3. The van der Waals surface area contributed by atoms with E-state index in [-0.39, 0.29) is 0 Å². The highest BCUT2D eigenvalue weighted by Crippen LogP contribution is 2.48. The van der Waals surface area contributed by atoms with E-state index in [1.165, 1.54) is 33.9 Å². The average Bonchev–Trinajstić information content (AvgIpc) is 2.01. The maximum atomic E-state index is 13.6. The number of hydrogen-bond donors (Lipinski definition) is 0. The van der Waals surface area contributed by atoms with Crippen molar-refractivity contribution < 1.29 is 26.1 Å². The first-order chi connectivity index (χ1) is 6.31. The summed E-state index contributed by atoms with van der Waals surface area (Å²) in [5.41, 5.74) is 0. The summed E-state index contributed by atoms with van der Waals surface area (Å²) < 4.78 is 62.9. The highest BCUT2D eigenvalue weighted by Gasteiger charge is 2.64. The SMILES string of the molecule is CC(C)(C)[Si](C)(C)C(F)(F)S(=O)(=O)OF. The van der Waals surface area contributed by atoms with Gasteiger partial charge >= 0.3 is 15.0 Å². The molecule has 0 heterocycles. The zero-order valence-electron chi connectivity index (χ0n) is 9.27. The molecule has 0 atom stereocenters. The molecule has 0 rings (SSSR count).